The molecule has 2 N–H and O–H groups in total. The van der Waals surface area contributed by atoms with Crippen molar-refractivity contribution in [1.29, 1.82) is 0 Å². The minimum absolute atomic E-state index is 0.000201. The van der Waals surface area contributed by atoms with Crippen molar-refractivity contribution in [3.05, 3.63) is 23.0 Å². The number of Topliss-reactive ketones (excluding diaryl/α,β-unsaturated/α-hetero) is 3. The lowest BCUT2D eigenvalue weighted by atomic mass is 9.79. The first-order valence-electron chi connectivity index (χ1n) is 9.33. The van der Waals surface area contributed by atoms with Gasteiger partial charge in [-0.1, -0.05) is 45.8 Å². The first-order valence-corrected chi connectivity index (χ1v) is 9.33. The maximum atomic E-state index is 12.8. The number of hydrogen-bond donors (Lipinski definition) is 2. The van der Waals surface area contributed by atoms with Crippen LogP contribution >= 0.6 is 0 Å². The summed E-state index contributed by atoms with van der Waals surface area (Å²) in [5.74, 6) is -3.36. The lowest BCUT2D eigenvalue weighted by Gasteiger charge is -2.28. The third kappa shape index (κ3) is 4.70. The molecule has 0 amide bonds. The summed E-state index contributed by atoms with van der Waals surface area (Å²) < 4.78 is 0. The summed E-state index contributed by atoms with van der Waals surface area (Å²) in [5, 5.41) is 21.7. The van der Waals surface area contributed by atoms with Crippen LogP contribution in [0, 0.1) is 17.8 Å². The highest BCUT2D eigenvalue weighted by molar-refractivity contribution is 6.26. The van der Waals surface area contributed by atoms with E-state index < -0.39 is 34.6 Å². The molecule has 0 saturated carbocycles. The summed E-state index contributed by atoms with van der Waals surface area (Å²) >= 11 is 0. The number of aliphatic hydroxyl groups is 2. The molecular weight excluding hydrogens is 332 g/mol. The Bertz CT molecular complexity index is 635. The molecule has 1 aliphatic carbocycles. The predicted molar refractivity (Wildman–Crippen MR) is 101 cm³/mol. The van der Waals surface area contributed by atoms with E-state index in [9.17, 15) is 24.6 Å². The molecule has 26 heavy (non-hydrogen) atoms. The van der Waals surface area contributed by atoms with Gasteiger partial charge < -0.3 is 10.2 Å². The average molecular weight is 364 g/mol. The summed E-state index contributed by atoms with van der Waals surface area (Å²) in [7, 11) is 0. The number of aliphatic hydroxyl groups excluding tert-OH is 1. The lowest BCUT2D eigenvalue weighted by molar-refractivity contribution is -0.144. The van der Waals surface area contributed by atoms with Crippen LogP contribution in [-0.2, 0) is 14.4 Å². The van der Waals surface area contributed by atoms with Crippen molar-refractivity contribution in [3.8, 4) is 0 Å². The fraction of sp³-hybridized carbons (Fsp3) is 0.667. The molecule has 5 nitrogen and oxygen atoms in total. The van der Waals surface area contributed by atoms with Crippen molar-refractivity contribution in [2.75, 3.05) is 0 Å². The molecule has 0 fully saturated rings. The van der Waals surface area contributed by atoms with Crippen LogP contribution in [0.25, 0.3) is 0 Å². The summed E-state index contributed by atoms with van der Waals surface area (Å²) in [6.45, 7) is 11.2. The van der Waals surface area contributed by atoms with E-state index in [1.54, 1.807) is 6.08 Å². The van der Waals surface area contributed by atoms with Crippen LogP contribution in [0.5, 0.6) is 0 Å². The average Bonchev–Trinajstić information content (AvgIpc) is 2.69. The van der Waals surface area contributed by atoms with Crippen LogP contribution in [-0.4, -0.2) is 33.2 Å². The molecular formula is C21H32O5. The van der Waals surface area contributed by atoms with Crippen LogP contribution in [0.3, 0.4) is 0 Å². The van der Waals surface area contributed by atoms with Crippen molar-refractivity contribution in [3.63, 3.8) is 0 Å². The predicted octanol–water partition coefficient (Wildman–Crippen LogP) is 3.71. The van der Waals surface area contributed by atoms with Gasteiger partial charge in [0.25, 0.3) is 0 Å². The smallest absolute Gasteiger partial charge is 0.191 e. The molecule has 0 aromatic heterocycles. The van der Waals surface area contributed by atoms with Gasteiger partial charge in [-0.25, -0.2) is 0 Å². The summed E-state index contributed by atoms with van der Waals surface area (Å²) in [6.07, 6.45) is 2.48. The quantitative estimate of drug-likeness (QED) is 0.481. The maximum Gasteiger partial charge on any atom is 0.191 e. The van der Waals surface area contributed by atoms with Crippen LogP contribution in [0.2, 0.25) is 0 Å². The normalized spacial score (nSPS) is 23.1. The van der Waals surface area contributed by atoms with E-state index in [-0.39, 0.29) is 36.7 Å². The van der Waals surface area contributed by atoms with Crippen LogP contribution in [0.4, 0.5) is 0 Å². The minimum Gasteiger partial charge on any atom is -0.508 e. The second kappa shape index (κ2) is 8.76. The van der Waals surface area contributed by atoms with Gasteiger partial charge in [0.2, 0.25) is 0 Å². The Morgan fingerprint density at radius 1 is 1.15 bits per heavy atom. The highest BCUT2D eigenvalue weighted by Gasteiger charge is 2.58. The summed E-state index contributed by atoms with van der Waals surface area (Å²) in [5.41, 5.74) is -1.80. The molecule has 2 unspecified atom stereocenters. The second-order valence-corrected chi connectivity index (χ2v) is 8.31. The summed E-state index contributed by atoms with van der Waals surface area (Å²) in [4.78, 5) is 38.0. The number of allylic oxidation sites excluding steroid dienone is 3. The van der Waals surface area contributed by atoms with E-state index in [1.807, 2.05) is 41.5 Å². The molecule has 0 aromatic rings. The van der Waals surface area contributed by atoms with Crippen molar-refractivity contribution >= 4 is 17.3 Å². The third-order valence-electron chi connectivity index (χ3n) is 4.69. The zero-order chi connectivity index (χ0) is 20.2. The molecule has 0 heterocycles. The van der Waals surface area contributed by atoms with Gasteiger partial charge >= 0.3 is 0 Å². The monoisotopic (exact) mass is 364 g/mol. The molecule has 0 bridgehead atoms. The van der Waals surface area contributed by atoms with Gasteiger partial charge in [-0.05, 0) is 32.1 Å². The minimum atomic E-state index is -2.31. The molecule has 1 aliphatic rings. The van der Waals surface area contributed by atoms with E-state index in [1.165, 1.54) is 0 Å². The van der Waals surface area contributed by atoms with Gasteiger partial charge in [0.1, 0.15) is 11.3 Å². The molecule has 0 radical (unpaired) electrons. The molecule has 0 aliphatic heterocycles. The van der Waals surface area contributed by atoms with E-state index >= 15 is 0 Å². The first-order chi connectivity index (χ1) is 11.9. The fourth-order valence-electron chi connectivity index (χ4n) is 3.20. The molecule has 0 spiro atoms. The van der Waals surface area contributed by atoms with Crippen molar-refractivity contribution in [2.45, 2.75) is 72.8 Å². The Morgan fingerprint density at radius 3 is 2.19 bits per heavy atom. The number of carbonyl (C=O) groups excluding carboxylic acids is 3. The molecule has 146 valence electrons. The highest BCUT2D eigenvalue weighted by Crippen LogP contribution is 2.42. The van der Waals surface area contributed by atoms with E-state index in [4.69, 9.17) is 0 Å². The number of hydrogen-bond acceptors (Lipinski definition) is 5. The molecule has 0 aromatic carbocycles. The van der Waals surface area contributed by atoms with Crippen LogP contribution in [0.1, 0.15) is 67.2 Å². The topological polar surface area (TPSA) is 91.7 Å². The molecule has 5 heteroatoms. The Kier molecular flexibility index (Phi) is 7.51. The van der Waals surface area contributed by atoms with Crippen molar-refractivity contribution in [1.82, 2.24) is 0 Å². The zero-order valence-electron chi connectivity index (χ0n) is 16.8. The van der Waals surface area contributed by atoms with Gasteiger partial charge in [0, 0.05) is 12.8 Å². The molecule has 1 rings (SSSR count). The largest absolute Gasteiger partial charge is 0.508 e. The number of carbonyl (C=O) groups is 3. The van der Waals surface area contributed by atoms with E-state index in [0.717, 1.165) is 5.57 Å². The standard InChI is InChI=1S/C21H32O5/c1-12(2)7-9-15-19(24)18(16(22)11-14(5)6)20(25)21(15,26)17(23)10-8-13(3)4/h8,12,14-15,25-26H,7,9-11H2,1-6H3. The molecule has 2 atom stereocenters. The van der Waals surface area contributed by atoms with Gasteiger partial charge in [-0.15, -0.1) is 0 Å². The summed E-state index contributed by atoms with van der Waals surface area (Å²) in [6, 6.07) is 0. The third-order valence-corrected chi connectivity index (χ3v) is 4.69. The number of rotatable bonds is 9. The fourth-order valence-corrected chi connectivity index (χ4v) is 3.20. The van der Waals surface area contributed by atoms with Crippen molar-refractivity contribution < 1.29 is 24.6 Å². The first kappa shape index (κ1) is 22.3. The molecule has 0 saturated heterocycles. The van der Waals surface area contributed by atoms with Gasteiger partial charge in [0.15, 0.2) is 23.0 Å². The Hall–Kier alpha value is -1.75. The van der Waals surface area contributed by atoms with E-state index in [2.05, 4.69) is 0 Å². The van der Waals surface area contributed by atoms with Gasteiger partial charge in [-0.3, -0.25) is 14.4 Å². The Balaban J connectivity index is 3.34. The SMILES string of the molecule is CC(C)=CCC(=O)C1(O)C(O)=C(C(=O)CC(C)C)C(=O)C1CCC(C)C. The van der Waals surface area contributed by atoms with Crippen LogP contribution in [0.15, 0.2) is 23.0 Å². The maximum absolute atomic E-state index is 12.8. The zero-order valence-corrected chi connectivity index (χ0v) is 16.8. The van der Waals surface area contributed by atoms with Crippen LogP contribution < -0.4 is 0 Å². The van der Waals surface area contributed by atoms with E-state index in [0.29, 0.717) is 6.42 Å². The van der Waals surface area contributed by atoms with Gasteiger partial charge in [-0.2, -0.15) is 0 Å². The lowest BCUT2D eigenvalue weighted by Crippen LogP contribution is -2.46. The highest BCUT2D eigenvalue weighted by atomic mass is 16.3. The Labute approximate surface area is 156 Å². The second-order valence-electron chi connectivity index (χ2n) is 8.31. The Morgan fingerprint density at radius 2 is 1.73 bits per heavy atom. The van der Waals surface area contributed by atoms with Crippen molar-refractivity contribution in [2.24, 2.45) is 17.8 Å². The number of ketones is 3. The van der Waals surface area contributed by atoms with Gasteiger partial charge in [0.05, 0.1) is 5.92 Å².